The van der Waals surface area contributed by atoms with E-state index >= 15 is 0 Å². The molecular formula is C24H23N5OS. The van der Waals surface area contributed by atoms with E-state index in [0.29, 0.717) is 5.16 Å². The first-order valence-corrected chi connectivity index (χ1v) is 10.9. The van der Waals surface area contributed by atoms with Crippen molar-refractivity contribution in [2.24, 2.45) is 0 Å². The molecule has 4 aromatic rings. The number of hydrogen-bond acceptors (Lipinski definition) is 5. The van der Waals surface area contributed by atoms with Gasteiger partial charge in [0.25, 0.3) is 0 Å². The van der Waals surface area contributed by atoms with Crippen molar-refractivity contribution in [1.29, 1.82) is 0 Å². The van der Waals surface area contributed by atoms with Crippen molar-refractivity contribution in [2.45, 2.75) is 30.3 Å². The molecule has 0 bridgehead atoms. The van der Waals surface area contributed by atoms with E-state index < -0.39 is 0 Å². The van der Waals surface area contributed by atoms with Crippen LogP contribution >= 0.6 is 11.8 Å². The smallest absolute Gasteiger partial charge is 0.234 e. The van der Waals surface area contributed by atoms with Crippen LogP contribution in [0.15, 0.2) is 90.1 Å². The second-order valence-electron chi connectivity index (χ2n) is 7.18. The van der Waals surface area contributed by atoms with Crippen molar-refractivity contribution in [3.05, 3.63) is 102 Å². The van der Waals surface area contributed by atoms with Gasteiger partial charge in [-0.15, -0.1) is 5.10 Å². The molecule has 1 N–H and O–H groups in total. The molecule has 1 atom stereocenters. The Kier molecular flexibility index (Phi) is 6.43. The third-order valence-electron chi connectivity index (χ3n) is 4.99. The lowest BCUT2D eigenvalue weighted by atomic mass is 9.98. The number of aryl methyl sites for hydroxylation is 1. The van der Waals surface area contributed by atoms with Gasteiger partial charge < -0.3 is 5.32 Å². The predicted octanol–water partition coefficient (Wildman–Crippen LogP) is 4.36. The minimum atomic E-state index is -0.385. The van der Waals surface area contributed by atoms with E-state index in [0.717, 1.165) is 22.4 Å². The van der Waals surface area contributed by atoms with Gasteiger partial charge in [-0.3, -0.25) is 4.79 Å². The zero-order valence-corrected chi connectivity index (χ0v) is 18.2. The first kappa shape index (κ1) is 20.8. The summed E-state index contributed by atoms with van der Waals surface area (Å²) in [7, 11) is 0. The number of nitrogens with one attached hydrogen (secondary N) is 1. The Bertz CT molecular complexity index is 1110. The minimum absolute atomic E-state index is 0.0814. The molecule has 4 rings (SSSR count). The van der Waals surface area contributed by atoms with Crippen molar-refractivity contribution < 1.29 is 4.79 Å². The Morgan fingerprint density at radius 1 is 0.903 bits per heavy atom. The van der Waals surface area contributed by atoms with Crippen LogP contribution in [0.25, 0.3) is 5.69 Å². The molecule has 1 unspecified atom stereocenters. The van der Waals surface area contributed by atoms with Crippen LogP contribution in [0.1, 0.15) is 29.7 Å². The van der Waals surface area contributed by atoms with Crippen LogP contribution in [0, 0.1) is 6.92 Å². The van der Waals surface area contributed by atoms with Gasteiger partial charge in [0.2, 0.25) is 11.1 Å². The third-order valence-corrected chi connectivity index (χ3v) is 6.02. The number of aromatic nitrogens is 4. The van der Waals surface area contributed by atoms with Crippen LogP contribution < -0.4 is 5.32 Å². The fourth-order valence-electron chi connectivity index (χ4n) is 3.33. The van der Waals surface area contributed by atoms with Gasteiger partial charge >= 0.3 is 0 Å². The number of carbonyl (C=O) groups excluding carboxylic acids is 1. The van der Waals surface area contributed by atoms with E-state index in [1.165, 1.54) is 11.8 Å². The molecule has 156 valence electrons. The van der Waals surface area contributed by atoms with Crippen LogP contribution in [0.3, 0.4) is 0 Å². The number of amides is 1. The summed E-state index contributed by atoms with van der Waals surface area (Å²) in [6.07, 6.45) is 0. The highest BCUT2D eigenvalue weighted by Crippen LogP contribution is 2.26. The maximum atomic E-state index is 13.1. The molecule has 1 heterocycles. The molecule has 0 radical (unpaired) electrons. The Hall–Kier alpha value is -3.45. The summed E-state index contributed by atoms with van der Waals surface area (Å²) in [6.45, 7) is 3.87. The van der Waals surface area contributed by atoms with Gasteiger partial charge in [0.1, 0.15) is 0 Å². The second kappa shape index (κ2) is 9.57. The van der Waals surface area contributed by atoms with Crippen LogP contribution in [0.5, 0.6) is 0 Å². The highest BCUT2D eigenvalue weighted by atomic mass is 32.2. The predicted molar refractivity (Wildman–Crippen MR) is 122 cm³/mol. The normalized spacial score (nSPS) is 12.0. The number of thioether (sulfide) groups is 1. The fourth-order valence-corrected chi connectivity index (χ4v) is 4.14. The van der Waals surface area contributed by atoms with Crippen LogP contribution in [0.4, 0.5) is 0 Å². The molecule has 0 saturated carbocycles. The molecule has 7 heteroatoms. The summed E-state index contributed by atoms with van der Waals surface area (Å²) in [5.74, 6) is -0.0814. The summed E-state index contributed by atoms with van der Waals surface area (Å²) in [6, 6.07) is 27.6. The fraction of sp³-hybridized carbons (Fsp3) is 0.167. The Morgan fingerprint density at radius 3 is 2.10 bits per heavy atom. The number of nitrogens with zero attached hydrogens (tertiary/aromatic N) is 4. The topological polar surface area (TPSA) is 72.7 Å². The number of tetrazole rings is 1. The molecular weight excluding hydrogens is 406 g/mol. The van der Waals surface area contributed by atoms with Crippen molar-refractivity contribution in [2.75, 3.05) is 0 Å². The van der Waals surface area contributed by atoms with Gasteiger partial charge in [0.05, 0.1) is 17.0 Å². The average Bonchev–Trinajstić information content (AvgIpc) is 3.26. The molecule has 0 aliphatic heterocycles. The lowest BCUT2D eigenvalue weighted by Crippen LogP contribution is -2.35. The standard InChI is InChI=1S/C24H23N5OS/c1-17-11-9-10-16-21(17)29-24(26-27-28-29)31-18(2)23(30)25-22(19-12-5-3-6-13-19)20-14-7-4-8-15-20/h3-16,18,22H,1-2H3,(H,25,30). The van der Waals surface area contributed by atoms with Gasteiger partial charge in [0.15, 0.2) is 0 Å². The molecule has 0 fully saturated rings. The number of benzene rings is 3. The minimum Gasteiger partial charge on any atom is -0.344 e. The van der Waals surface area contributed by atoms with Gasteiger partial charge in [-0.2, -0.15) is 4.68 Å². The monoisotopic (exact) mass is 429 g/mol. The van der Waals surface area contributed by atoms with Crippen molar-refractivity contribution >= 4 is 17.7 Å². The van der Waals surface area contributed by atoms with Crippen molar-refractivity contribution in [3.8, 4) is 5.69 Å². The number of hydrogen-bond donors (Lipinski definition) is 1. The summed E-state index contributed by atoms with van der Waals surface area (Å²) in [5.41, 5.74) is 4.02. The zero-order chi connectivity index (χ0) is 21.6. The zero-order valence-electron chi connectivity index (χ0n) is 17.3. The van der Waals surface area contributed by atoms with Gasteiger partial charge in [0, 0.05) is 0 Å². The van der Waals surface area contributed by atoms with Gasteiger partial charge in [-0.25, -0.2) is 0 Å². The summed E-state index contributed by atoms with van der Waals surface area (Å²) in [5, 5.41) is 15.5. The number of rotatable bonds is 7. The molecule has 1 aromatic heterocycles. The summed E-state index contributed by atoms with van der Waals surface area (Å²) in [4.78, 5) is 13.1. The van der Waals surface area contributed by atoms with E-state index in [1.807, 2.05) is 98.8 Å². The lowest BCUT2D eigenvalue weighted by Gasteiger charge is -2.22. The third kappa shape index (κ3) is 4.83. The highest BCUT2D eigenvalue weighted by molar-refractivity contribution is 8.00. The summed E-state index contributed by atoms with van der Waals surface area (Å²) < 4.78 is 1.68. The van der Waals surface area contributed by atoms with E-state index in [9.17, 15) is 4.79 Å². The molecule has 0 aliphatic carbocycles. The first-order chi connectivity index (χ1) is 15.1. The molecule has 6 nitrogen and oxygen atoms in total. The van der Waals surface area contributed by atoms with E-state index in [4.69, 9.17) is 0 Å². The highest BCUT2D eigenvalue weighted by Gasteiger charge is 2.23. The molecule has 1 amide bonds. The molecule has 0 saturated heterocycles. The Labute approximate surface area is 185 Å². The van der Waals surface area contributed by atoms with Gasteiger partial charge in [-0.05, 0) is 47.0 Å². The van der Waals surface area contributed by atoms with Crippen molar-refractivity contribution in [3.63, 3.8) is 0 Å². The van der Waals surface area contributed by atoms with E-state index in [1.54, 1.807) is 4.68 Å². The largest absolute Gasteiger partial charge is 0.344 e. The average molecular weight is 430 g/mol. The maximum Gasteiger partial charge on any atom is 0.234 e. The van der Waals surface area contributed by atoms with Crippen LogP contribution in [-0.2, 0) is 4.79 Å². The SMILES string of the molecule is Cc1ccccc1-n1nnnc1SC(C)C(=O)NC(c1ccccc1)c1ccccc1. The van der Waals surface area contributed by atoms with E-state index in [-0.39, 0.29) is 17.2 Å². The number of para-hydroxylation sites is 1. The van der Waals surface area contributed by atoms with E-state index in [2.05, 4.69) is 20.8 Å². The van der Waals surface area contributed by atoms with Crippen molar-refractivity contribution in [1.82, 2.24) is 25.5 Å². The van der Waals surface area contributed by atoms with Crippen LogP contribution in [0.2, 0.25) is 0 Å². The lowest BCUT2D eigenvalue weighted by molar-refractivity contribution is -0.120. The maximum absolute atomic E-state index is 13.1. The molecule has 31 heavy (non-hydrogen) atoms. The number of carbonyl (C=O) groups is 1. The molecule has 0 aliphatic rings. The summed E-state index contributed by atoms with van der Waals surface area (Å²) >= 11 is 1.34. The Morgan fingerprint density at radius 2 is 1.48 bits per heavy atom. The molecule has 0 spiro atoms. The first-order valence-electron chi connectivity index (χ1n) is 10.0. The Balaban J connectivity index is 1.53. The second-order valence-corrected chi connectivity index (χ2v) is 8.49. The van der Waals surface area contributed by atoms with Crippen LogP contribution in [-0.4, -0.2) is 31.4 Å². The van der Waals surface area contributed by atoms with Gasteiger partial charge in [-0.1, -0.05) is 90.6 Å². The quantitative estimate of drug-likeness (QED) is 0.442. The molecule has 3 aromatic carbocycles.